The molecule has 23 heavy (non-hydrogen) atoms. The van der Waals surface area contributed by atoms with Crippen molar-refractivity contribution in [3.63, 3.8) is 0 Å². The van der Waals surface area contributed by atoms with Crippen LogP contribution in [0, 0.1) is 34.0 Å². The third-order valence-electron chi connectivity index (χ3n) is 7.32. The lowest BCUT2D eigenvalue weighted by Gasteiger charge is -2.45. The number of rotatable bonds is 3. The first kappa shape index (κ1) is 17.0. The van der Waals surface area contributed by atoms with Crippen molar-refractivity contribution in [3.8, 4) is 0 Å². The Hall–Kier alpha value is -0.830. The van der Waals surface area contributed by atoms with E-state index in [1.807, 2.05) is 19.9 Å². The molecular weight excluding hydrogens is 288 g/mol. The molecule has 0 saturated heterocycles. The number of esters is 1. The summed E-state index contributed by atoms with van der Waals surface area (Å²) in [7, 11) is 0. The number of ether oxygens (including phenoxy) is 1. The summed E-state index contributed by atoms with van der Waals surface area (Å²) in [4.78, 5) is 12.4. The van der Waals surface area contributed by atoms with Gasteiger partial charge in [0.2, 0.25) is 0 Å². The van der Waals surface area contributed by atoms with E-state index in [1.165, 1.54) is 6.42 Å². The SMILES string of the molecule is CC(C)CC(=O)OC1C(C)(C)C2CCC(C)C23C=CC(O)C13C. The van der Waals surface area contributed by atoms with Crippen LogP contribution >= 0.6 is 0 Å². The van der Waals surface area contributed by atoms with Crippen LogP contribution in [0.2, 0.25) is 0 Å². The highest BCUT2D eigenvalue weighted by Gasteiger charge is 2.76. The van der Waals surface area contributed by atoms with Crippen LogP contribution in [0.5, 0.6) is 0 Å². The van der Waals surface area contributed by atoms with Gasteiger partial charge in [-0.3, -0.25) is 4.79 Å². The molecule has 0 aromatic heterocycles. The lowest BCUT2D eigenvalue weighted by molar-refractivity contribution is -0.170. The molecule has 0 heterocycles. The highest BCUT2D eigenvalue weighted by molar-refractivity contribution is 5.70. The molecule has 2 fully saturated rings. The van der Waals surface area contributed by atoms with E-state index in [0.717, 1.165) is 6.42 Å². The summed E-state index contributed by atoms with van der Waals surface area (Å²) in [6.45, 7) is 13.0. The molecule has 6 unspecified atom stereocenters. The van der Waals surface area contributed by atoms with Crippen LogP contribution in [-0.2, 0) is 9.53 Å². The van der Waals surface area contributed by atoms with Crippen molar-refractivity contribution in [2.24, 2.45) is 34.0 Å². The van der Waals surface area contributed by atoms with Gasteiger partial charge in [-0.2, -0.15) is 0 Å². The second-order valence-electron chi connectivity index (χ2n) is 9.34. The van der Waals surface area contributed by atoms with Crippen molar-refractivity contribution >= 4 is 5.97 Å². The number of carbonyl (C=O) groups excluding carboxylic acids is 1. The van der Waals surface area contributed by atoms with Crippen molar-refractivity contribution in [2.75, 3.05) is 0 Å². The van der Waals surface area contributed by atoms with Crippen molar-refractivity contribution in [2.45, 2.75) is 73.0 Å². The molecule has 3 aliphatic carbocycles. The van der Waals surface area contributed by atoms with E-state index in [4.69, 9.17) is 4.74 Å². The Labute approximate surface area is 140 Å². The predicted molar refractivity (Wildman–Crippen MR) is 90.7 cm³/mol. The Morgan fingerprint density at radius 1 is 1.30 bits per heavy atom. The molecule has 130 valence electrons. The van der Waals surface area contributed by atoms with E-state index in [-0.39, 0.29) is 22.9 Å². The van der Waals surface area contributed by atoms with Crippen LogP contribution in [0.1, 0.15) is 60.8 Å². The van der Waals surface area contributed by atoms with Crippen LogP contribution in [0.25, 0.3) is 0 Å². The minimum atomic E-state index is -0.538. The van der Waals surface area contributed by atoms with Gasteiger partial charge < -0.3 is 9.84 Å². The van der Waals surface area contributed by atoms with E-state index >= 15 is 0 Å². The van der Waals surface area contributed by atoms with Gasteiger partial charge in [0.25, 0.3) is 0 Å². The molecule has 1 spiro atoms. The van der Waals surface area contributed by atoms with Crippen LogP contribution in [0.3, 0.4) is 0 Å². The average Bonchev–Trinajstić information content (AvgIpc) is 2.95. The molecule has 0 aromatic rings. The van der Waals surface area contributed by atoms with Gasteiger partial charge in [-0.15, -0.1) is 0 Å². The number of aliphatic hydroxyl groups excluding tert-OH is 1. The first-order valence-electron chi connectivity index (χ1n) is 9.15. The zero-order valence-electron chi connectivity index (χ0n) is 15.4. The zero-order valence-corrected chi connectivity index (χ0v) is 15.4. The molecule has 0 aliphatic heterocycles. The summed E-state index contributed by atoms with van der Waals surface area (Å²) in [6.07, 6.45) is 6.22. The molecule has 1 N–H and O–H groups in total. The molecule has 3 heteroatoms. The van der Waals surface area contributed by atoms with Gasteiger partial charge in [-0.1, -0.05) is 53.7 Å². The molecular formula is C20H32O3. The fourth-order valence-corrected chi connectivity index (χ4v) is 6.42. The number of allylic oxidation sites excluding steroid dienone is 1. The number of hydrogen-bond acceptors (Lipinski definition) is 3. The topological polar surface area (TPSA) is 46.5 Å². The van der Waals surface area contributed by atoms with Gasteiger partial charge in [0.1, 0.15) is 6.10 Å². The molecule has 0 amide bonds. The molecule has 3 rings (SSSR count). The maximum absolute atomic E-state index is 12.4. The summed E-state index contributed by atoms with van der Waals surface area (Å²) in [5.74, 6) is 1.14. The van der Waals surface area contributed by atoms with Crippen LogP contribution in [0.4, 0.5) is 0 Å². The Bertz CT molecular complexity index is 535. The molecule has 3 nitrogen and oxygen atoms in total. The molecule has 2 saturated carbocycles. The normalized spacial score (nSPS) is 47.0. The van der Waals surface area contributed by atoms with Gasteiger partial charge in [0.05, 0.1) is 6.10 Å². The van der Waals surface area contributed by atoms with Gasteiger partial charge in [0.15, 0.2) is 0 Å². The first-order valence-corrected chi connectivity index (χ1v) is 9.15. The summed E-state index contributed by atoms with van der Waals surface area (Å²) < 4.78 is 6.07. The monoisotopic (exact) mass is 320 g/mol. The lowest BCUT2D eigenvalue weighted by Crippen LogP contribution is -2.50. The van der Waals surface area contributed by atoms with Crippen molar-refractivity contribution < 1.29 is 14.6 Å². The average molecular weight is 320 g/mol. The van der Waals surface area contributed by atoms with Crippen molar-refractivity contribution in [3.05, 3.63) is 12.2 Å². The molecule has 0 bridgehead atoms. The Kier molecular flexibility index (Phi) is 3.76. The minimum absolute atomic E-state index is 0.0430. The maximum atomic E-state index is 12.4. The van der Waals surface area contributed by atoms with E-state index in [9.17, 15) is 9.90 Å². The quantitative estimate of drug-likeness (QED) is 0.632. The summed E-state index contributed by atoms with van der Waals surface area (Å²) in [6, 6.07) is 0. The molecule has 3 aliphatic rings. The predicted octanol–water partition coefficient (Wildman–Crippen LogP) is 3.95. The van der Waals surface area contributed by atoms with Crippen LogP contribution in [-0.4, -0.2) is 23.3 Å². The summed E-state index contributed by atoms with van der Waals surface area (Å²) in [5.41, 5.74) is -0.569. The second-order valence-corrected chi connectivity index (χ2v) is 9.34. The fraction of sp³-hybridized carbons (Fsp3) is 0.850. The smallest absolute Gasteiger partial charge is 0.306 e. The standard InChI is InChI=1S/C20H32O3/c1-12(2)11-16(22)23-17-18(4,5)14-8-7-13(3)20(14)10-9-15(21)19(17,20)6/h9-10,12-15,17,21H,7-8,11H2,1-6H3. The summed E-state index contributed by atoms with van der Waals surface area (Å²) in [5, 5.41) is 10.8. The Balaban J connectivity index is 2.02. The zero-order chi connectivity index (χ0) is 17.2. The highest BCUT2D eigenvalue weighted by atomic mass is 16.5. The molecule has 0 radical (unpaired) electrons. The number of hydrogen-bond donors (Lipinski definition) is 1. The van der Waals surface area contributed by atoms with Crippen LogP contribution in [0.15, 0.2) is 12.2 Å². The number of aliphatic hydroxyl groups is 1. The minimum Gasteiger partial charge on any atom is -0.461 e. The second kappa shape index (κ2) is 5.08. The number of carbonyl (C=O) groups is 1. The summed E-state index contributed by atoms with van der Waals surface area (Å²) >= 11 is 0. The van der Waals surface area contributed by atoms with E-state index in [2.05, 4.69) is 33.8 Å². The Morgan fingerprint density at radius 3 is 2.57 bits per heavy atom. The van der Waals surface area contributed by atoms with Gasteiger partial charge in [0, 0.05) is 22.7 Å². The third-order valence-corrected chi connectivity index (χ3v) is 7.32. The van der Waals surface area contributed by atoms with E-state index < -0.39 is 11.5 Å². The van der Waals surface area contributed by atoms with E-state index in [0.29, 0.717) is 24.2 Å². The molecule has 0 aromatic carbocycles. The van der Waals surface area contributed by atoms with Crippen molar-refractivity contribution in [1.82, 2.24) is 0 Å². The van der Waals surface area contributed by atoms with Gasteiger partial charge >= 0.3 is 5.97 Å². The maximum Gasteiger partial charge on any atom is 0.306 e. The fourth-order valence-electron chi connectivity index (χ4n) is 6.42. The van der Waals surface area contributed by atoms with E-state index in [1.54, 1.807) is 0 Å². The first-order chi connectivity index (χ1) is 10.6. The van der Waals surface area contributed by atoms with Crippen molar-refractivity contribution in [1.29, 1.82) is 0 Å². The molecule has 6 atom stereocenters. The third kappa shape index (κ3) is 1.95. The largest absolute Gasteiger partial charge is 0.461 e. The van der Waals surface area contributed by atoms with Crippen LogP contribution < -0.4 is 0 Å². The van der Waals surface area contributed by atoms with Gasteiger partial charge in [-0.25, -0.2) is 0 Å². The van der Waals surface area contributed by atoms with Gasteiger partial charge in [-0.05, 0) is 30.6 Å². The highest BCUT2D eigenvalue weighted by Crippen LogP contribution is 2.76. The Morgan fingerprint density at radius 2 is 1.96 bits per heavy atom. The lowest BCUT2D eigenvalue weighted by atomic mass is 9.61.